The van der Waals surface area contributed by atoms with Gasteiger partial charge in [0.25, 0.3) is 0 Å². The molecule has 5 heterocycles. The second kappa shape index (κ2) is 8.39. The summed E-state index contributed by atoms with van der Waals surface area (Å²) in [5.74, 6) is 2.19. The zero-order valence-electron chi connectivity index (χ0n) is 18.3. The van der Waals surface area contributed by atoms with Gasteiger partial charge in [0.05, 0.1) is 6.26 Å². The highest BCUT2D eigenvalue weighted by Crippen LogP contribution is 2.26. The Hall–Kier alpha value is -3.19. The lowest BCUT2D eigenvalue weighted by atomic mass is 10.00. The lowest BCUT2D eigenvalue weighted by Crippen LogP contribution is -2.31. The molecule has 0 atom stereocenters. The molecule has 6 rings (SSSR count). The molecular formula is C25H28N6O. The normalized spacial score (nSPS) is 17.4. The van der Waals surface area contributed by atoms with Crippen LogP contribution in [0.4, 0.5) is 5.95 Å². The van der Waals surface area contributed by atoms with E-state index in [1.807, 2.05) is 22.8 Å². The van der Waals surface area contributed by atoms with Crippen LogP contribution < -0.4 is 4.90 Å². The van der Waals surface area contributed by atoms with Crippen molar-refractivity contribution in [2.75, 3.05) is 24.5 Å². The Morgan fingerprint density at radius 3 is 2.56 bits per heavy atom. The van der Waals surface area contributed by atoms with E-state index in [0.717, 1.165) is 56.3 Å². The maximum atomic E-state index is 5.60. The first-order valence-electron chi connectivity index (χ1n) is 11.7. The summed E-state index contributed by atoms with van der Waals surface area (Å²) in [6, 6.07) is 12.5. The minimum atomic E-state index is 0.615. The molecule has 0 N–H and O–H groups in total. The van der Waals surface area contributed by atoms with E-state index in [1.54, 1.807) is 6.26 Å². The summed E-state index contributed by atoms with van der Waals surface area (Å²) in [5, 5.41) is 4.84. The van der Waals surface area contributed by atoms with Crippen molar-refractivity contribution in [3.8, 4) is 11.6 Å². The summed E-state index contributed by atoms with van der Waals surface area (Å²) in [7, 11) is 0. The van der Waals surface area contributed by atoms with Crippen molar-refractivity contribution in [3.63, 3.8) is 0 Å². The highest BCUT2D eigenvalue weighted by atomic mass is 16.3. The molecule has 2 aliphatic rings. The van der Waals surface area contributed by atoms with Gasteiger partial charge >= 0.3 is 0 Å². The fraction of sp³-hybridized carbons (Fsp3) is 0.400. The molecule has 4 aromatic rings. The van der Waals surface area contributed by atoms with E-state index < -0.39 is 0 Å². The fourth-order valence-corrected chi connectivity index (χ4v) is 4.95. The van der Waals surface area contributed by atoms with Crippen LogP contribution in [0.5, 0.6) is 0 Å². The summed E-state index contributed by atoms with van der Waals surface area (Å²) in [4.78, 5) is 14.7. The lowest BCUT2D eigenvalue weighted by molar-refractivity contribution is 0.246. The zero-order valence-corrected chi connectivity index (χ0v) is 18.3. The molecule has 0 unspecified atom stereocenters. The van der Waals surface area contributed by atoms with Gasteiger partial charge in [-0.1, -0.05) is 37.1 Å². The smallest absolute Gasteiger partial charge is 0.228 e. The molecule has 0 bridgehead atoms. The van der Waals surface area contributed by atoms with Crippen molar-refractivity contribution in [3.05, 3.63) is 65.5 Å². The van der Waals surface area contributed by atoms with Crippen molar-refractivity contribution < 1.29 is 4.42 Å². The molecule has 3 aromatic heterocycles. The maximum Gasteiger partial charge on any atom is 0.228 e. The number of nitrogens with zero attached hydrogens (tertiary/aromatic N) is 6. The second-order valence-corrected chi connectivity index (χ2v) is 8.86. The fourth-order valence-electron chi connectivity index (χ4n) is 4.95. The first kappa shape index (κ1) is 19.5. The average Bonchev–Trinajstić information content (AvgIpc) is 3.44. The van der Waals surface area contributed by atoms with Crippen LogP contribution in [0.15, 0.2) is 53.3 Å². The largest absolute Gasteiger partial charge is 0.461 e. The van der Waals surface area contributed by atoms with Gasteiger partial charge in [-0.3, -0.25) is 4.90 Å². The minimum Gasteiger partial charge on any atom is -0.461 e. The molecule has 0 saturated carbocycles. The molecule has 7 nitrogen and oxygen atoms in total. The van der Waals surface area contributed by atoms with Crippen LogP contribution in [0.3, 0.4) is 0 Å². The molecule has 2 aliphatic heterocycles. The van der Waals surface area contributed by atoms with Gasteiger partial charge in [-0.25, -0.2) is 9.97 Å². The standard InChI is InChI=1S/C25H28N6O/c1-2-6-13-30(12-5-1)25-26-16-21(18-29-14-11-19-8-3-4-9-20(19)17-29)24-27-23(28-31(24)25)22-10-7-15-32-22/h3-4,7-10,15-16H,1-2,5-6,11-14,17-18H2. The molecule has 0 spiro atoms. The summed E-state index contributed by atoms with van der Waals surface area (Å²) < 4.78 is 7.54. The first-order valence-corrected chi connectivity index (χ1v) is 11.7. The Morgan fingerprint density at radius 2 is 1.75 bits per heavy atom. The maximum absolute atomic E-state index is 5.60. The first-order chi connectivity index (χ1) is 15.8. The van der Waals surface area contributed by atoms with Crippen molar-refractivity contribution in [1.29, 1.82) is 0 Å². The highest BCUT2D eigenvalue weighted by molar-refractivity contribution is 5.58. The topological polar surface area (TPSA) is 62.7 Å². The van der Waals surface area contributed by atoms with Crippen molar-refractivity contribution in [2.45, 2.75) is 45.2 Å². The van der Waals surface area contributed by atoms with Crippen LogP contribution in [0.1, 0.15) is 42.4 Å². The lowest BCUT2D eigenvalue weighted by Gasteiger charge is -2.29. The second-order valence-electron chi connectivity index (χ2n) is 8.86. The minimum absolute atomic E-state index is 0.615. The van der Waals surface area contributed by atoms with Gasteiger partial charge in [0.15, 0.2) is 11.4 Å². The molecule has 1 saturated heterocycles. The third-order valence-electron chi connectivity index (χ3n) is 6.65. The Labute approximate surface area is 187 Å². The number of hydrogen-bond acceptors (Lipinski definition) is 6. The van der Waals surface area contributed by atoms with Gasteiger partial charge in [0, 0.05) is 44.5 Å². The van der Waals surface area contributed by atoms with E-state index in [-0.39, 0.29) is 0 Å². The zero-order chi connectivity index (χ0) is 21.3. The number of hydrogen-bond donors (Lipinski definition) is 0. The quantitative estimate of drug-likeness (QED) is 0.482. The number of rotatable bonds is 4. The van der Waals surface area contributed by atoms with Crippen LogP contribution >= 0.6 is 0 Å². The summed E-state index contributed by atoms with van der Waals surface area (Å²) in [6.07, 6.45) is 9.70. The van der Waals surface area contributed by atoms with Crippen LogP contribution in [0, 0.1) is 0 Å². The Morgan fingerprint density at radius 1 is 0.906 bits per heavy atom. The van der Waals surface area contributed by atoms with E-state index in [0.29, 0.717) is 11.6 Å². The molecule has 0 amide bonds. The molecule has 1 fully saturated rings. The average molecular weight is 429 g/mol. The SMILES string of the molecule is c1coc(-c2nc3c(CN4CCc5ccccc5C4)cnc(N4CCCCCC4)n3n2)c1. The summed E-state index contributed by atoms with van der Waals surface area (Å²) in [6.45, 7) is 4.83. The van der Waals surface area contributed by atoms with Crippen molar-refractivity contribution in [1.82, 2.24) is 24.5 Å². The number of fused-ring (bicyclic) bond motifs is 2. The number of benzene rings is 1. The van der Waals surface area contributed by atoms with Crippen LogP contribution in [-0.4, -0.2) is 44.1 Å². The monoisotopic (exact) mass is 428 g/mol. The predicted molar refractivity (Wildman–Crippen MR) is 123 cm³/mol. The van der Waals surface area contributed by atoms with Gasteiger partial charge in [0.1, 0.15) is 0 Å². The van der Waals surface area contributed by atoms with E-state index in [9.17, 15) is 0 Å². The van der Waals surface area contributed by atoms with E-state index in [4.69, 9.17) is 19.5 Å². The predicted octanol–water partition coefficient (Wildman–Crippen LogP) is 4.32. The molecule has 164 valence electrons. The Kier molecular flexibility index (Phi) is 5.11. The molecule has 0 aliphatic carbocycles. The third-order valence-corrected chi connectivity index (χ3v) is 6.65. The van der Waals surface area contributed by atoms with Gasteiger partial charge in [0.2, 0.25) is 11.8 Å². The van der Waals surface area contributed by atoms with Crippen LogP contribution in [-0.2, 0) is 19.5 Å². The number of furan rings is 1. The molecule has 32 heavy (non-hydrogen) atoms. The van der Waals surface area contributed by atoms with Gasteiger partial charge < -0.3 is 9.32 Å². The third kappa shape index (κ3) is 3.66. The Balaban J connectivity index is 1.37. The summed E-state index contributed by atoms with van der Waals surface area (Å²) >= 11 is 0. The number of aromatic nitrogens is 4. The van der Waals surface area contributed by atoms with E-state index >= 15 is 0 Å². The van der Waals surface area contributed by atoms with E-state index in [2.05, 4.69) is 34.1 Å². The molecular weight excluding hydrogens is 400 g/mol. The molecule has 7 heteroatoms. The van der Waals surface area contributed by atoms with Crippen molar-refractivity contribution in [2.24, 2.45) is 0 Å². The highest BCUT2D eigenvalue weighted by Gasteiger charge is 2.22. The van der Waals surface area contributed by atoms with Gasteiger partial charge in [-0.05, 0) is 42.5 Å². The molecule has 0 radical (unpaired) electrons. The van der Waals surface area contributed by atoms with Gasteiger partial charge in [-0.2, -0.15) is 4.52 Å². The number of anilines is 1. The van der Waals surface area contributed by atoms with Crippen LogP contribution in [0.25, 0.3) is 17.2 Å². The molecule has 1 aromatic carbocycles. The van der Waals surface area contributed by atoms with Crippen LogP contribution in [0.2, 0.25) is 0 Å². The van der Waals surface area contributed by atoms with E-state index in [1.165, 1.54) is 36.8 Å². The summed E-state index contributed by atoms with van der Waals surface area (Å²) in [5.41, 5.74) is 4.87. The van der Waals surface area contributed by atoms with Crippen molar-refractivity contribution >= 4 is 11.6 Å². The van der Waals surface area contributed by atoms with Gasteiger partial charge in [-0.15, -0.1) is 5.10 Å². The Bertz CT molecular complexity index is 1210.